The van der Waals surface area contributed by atoms with Crippen LogP contribution in [0.1, 0.15) is 43.9 Å². The number of aryl methyl sites for hydroxylation is 1. The minimum Gasteiger partial charge on any atom is -0.379 e. The average molecular weight is 492 g/mol. The van der Waals surface area contributed by atoms with E-state index in [1.165, 1.54) is 17.7 Å². The summed E-state index contributed by atoms with van der Waals surface area (Å²) in [5.41, 5.74) is 2.43. The monoisotopic (exact) mass is 492 g/mol. The van der Waals surface area contributed by atoms with Crippen molar-refractivity contribution in [1.82, 2.24) is 24.9 Å². The standard InChI is InChI=1S/C19H36N6O.HI/c1-16(2)18-17(15-24(5)22-18)14-23(4)19(20-3)21-8-6-7-9-25-10-12-26-13-11-25;/h15-16H,6-14H2,1-5H3,(H,20,21);1H. The van der Waals surface area contributed by atoms with Gasteiger partial charge in [0.05, 0.1) is 18.9 Å². The first-order chi connectivity index (χ1) is 12.5. The number of morpholine rings is 1. The summed E-state index contributed by atoms with van der Waals surface area (Å²) in [4.78, 5) is 9.09. The number of nitrogens with one attached hydrogen (secondary N) is 1. The van der Waals surface area contributed by atoms with Gasteiger partial charge in [0.15, 0.2) is 5.96 Å². The fourth-order valence-corrected chi connectivity index (χ4v) is 3.36. The van der Waals surface area contributed by atoms with Gasteiger partial charge in [-0.1, -0.05) is 13.8 Å². The number of nitrogens with zero attached hydrogens (tertiary/aromatic N) is 5. The quantitative estimate of drug-likeness (QED) is 0.261. The van der Waals surface area contributed by atoms with E-state index in [1.807, 2.05) is 18.8 Å². The molecule has 0 unspecified atom stereocenters. The molecule has 0 aliphatic carbocycles. The average Bonchev–Trinajstić information content (AvgIpc) is 2.99. The van der Waals surface area contributed by atoms with E-state index in [0.29, 0.717) is 5.92 Å². The normalized spacial score (nSPS) is 15.7. The lowest BCUT2D eigenvalue weighted by Gasteiger charge is -2.26. The number of hydrogen-bond acceptors (Lipinski definition) is 4. The Morgan fingerprint density at radius 3 is 2.67 bits per heavy atom. The molecule has 2 heterocycles. The number of ether oxygens (including phenoxy) is 1. The van der Waals surface area contributed by atoms with Gasteiger partial charge in [-0.15, -0.1) is 24.0 Å². The topological polar surface area (TPSA) is 57.9 Å². The van der Waals surface area contributed by atoms with Gasteiger partial charge < -0.3 is 15.0 Å². The fourth-order valence-electron chi connectivity index (χ4n) is 3.36. The van der Waals surface area contributed by atoms with Crippen molar-refractivity contribution in [3.63, 3.8) is 0 Å². The van der Waals surface area contributed by atoms with Crippen molar-refractivity contribution in [3.8, 4) is 0 Å². The minimum absolute atomic E-state index is 0. The van der Waals surface area contributed by atoms with Crippen molar-refractivity contribution in [2.24, 2.45) is 12.0 Å². The van der Waals surface area contributed by atoms with Crippen molar-refractivity contribution in [2.45, 2.75) is 39.2 Å². The summed E-state index contributed by atoms with van der Waals surface area (Å²) in [5, 5.41) is 8.08. The number of aromatic nitrogens is 2. The molecule has 8 heteroatoms. The predicted octanol–water partition coefficient (Wildman–Crippen LogP) is 2.28. The van der Waals surface area contributed by atoms with Crippen LogP contribution in [0.3, 0.4) is 0 Å². The molecule has 1 saturated heterocycles. The molecule has 0 amide bonds. The molecule has 0 radical (unpaired) electrons. The van der Waals surface area contributed by atoms with Gasteiger partial charge in [-0.2, -0.15) is 5.10 Å². The van der Waals surface area contributed by atoms with E-state index in [1.54, 1.807) is 0 Å². The van der Waals surface area contributed by atoms with Crippen LogP contribution in [-0.4, -0.2) is 79.0 Å². The van der Waals surface area contributed by atoms with Crippen LogP contribution in [-0.2, 0) is 18.3 Å². The molecule has 1 N–H and O–H groups in total. The molecule has 1 aromatic rings. The first-order valence-electron chi connectivity index (χ1n) is 9.75. The largest absolute Gasteiger partial charge is 0.379 e. The maximum atomic E-state index is 5.39. The van der Waals surface area contributed by atoms with Crippen LogP contribution in [0.15, 0.2) is 11.2 Å². The Hall–Kier alpha value is -0.870. The van der Waals surface area contributed by atoms with Crippen LogP contribution in [0.2, 0.25) is 0 Å². The lowest BCUT2D eigenvalue weighted by Crippen LogP contribution is -2.39. The highest BCUT2D eigenvalue weighted by Gasteiger charge is 2.15. The van der Waals surface area contributed by atoms with Crippen LogP contribution in [0.5, 0.6) is 0 Å². The van der Waals surface area contributed by atoms with Crippen LogP contribution in [0.25, 0.3) is 0 Å². The fraction of sp³-hybridized carbons (Fsp3) is 0.789. The van der Waals surface area contributed by atoms with Gasteiger partial charge in [0, 0.05) is 59.1 Å². The van der Waals surface area contributed by atoms with E-state index in [2.05, 4.69) is 52.3 Å². The molecule has 156 valence electrons. The third-order valence-electron chi connectivity index (χ3n) is 4.75. The molecule has 1 aliphatic heterocycles. The van der Waals surface area contributed by atoms with Crippen LogP contribution >= 0.6 is 24.0 Å². The van der Waals surface area contributed by atoms with Crippen LogP contribution < -0.4 is 5.32 Å². The summed E-state index contributed by atoms with van der Waals surface area (Å²) >= 11 is 0. The number of guanidine groups is 1. The molecule has 0 atom stereocenters. The highest BCUT2D eigenvalue weighted by Crippen LogP contribution is 2.18. The second-order valence-electron chi connectivity index (χ2n) is 7.36. The Balaban J connectivity index is 0.00000364. The van der Waals surface area contributed by atoms with Crippen molar-refractivity contribution < 1.29 is 4.74 Å². The maximum absolute atomic E-state index is 5.39. The second kappa shape index (κ2) is 12.6. The Morgan fingerprint density at radius 1 is 1.33 bits per heavy atom. The molecule has 0 saturated carbocycles. The van der Waals surface area contributed by atoms with Crippen molar-refractivity contribution in [2.75, 3.05) is 53.5 Å². The van der Waals surface area contributed by atoms with Crippen molar-refractivity contribution in [1.29, 1.82) is 0 Å². The molecule has 27 heavy (non-hydrogen) atoms. The number of rotatable bonds is 8. The maximum Gasteiger partial charge on any atom is 0.193 e. The van der Waals surface area contributed by atoms with Crippen LogP contribution in [0.4, 0.5) is 0 Å². The molecule has 1 aliphatic rings. The van der Waals surface area contributed by atoms with Gasteiger partial charge in [0.2, 0.25) is 0 Å². The lowest BCUT2D eigenvalue weighted by molar-refractivity contribution is 0.0372. The van der Waals surface area contributed by atoms with Crippen molar-refractivity contribution >= 4 is 29.9 Å². The third kappa shape index (κ3) is 7.95. The van der Waals surface area contributed by atoms with Crippen LogP contribution in [0, 0.1) is 0 Å². The molecule has 7 nitrogen and oxygen atoms in total. The predicted molar refractivity (Wildman–Crippen MR) is 122 cm³/mol. The smallest absolute Gasteiger partial charge is 0.193 e. The van der Waals surface area contributed by atoms with E-state index in [9.17, 15) is 0 Å². The van der Waals surface area contributed by atoms with E-state index < -0.39 is 0 Å². The second-order valence-corrected chi connectivity index (χ2v) is 7.36. The zero-order valence-corrected chi connectivity index (χ0v) is 19.9. The highest BCUT2D eigenvalue weighted by molar-refractivity contribution is 14.0. The first-order valence-corrected chi connectivity index (χ1v) is 9.75. The zero-order valence-electron chi connectivity index (χ0n) is 17.6. The summed E-state index contributed by atoms with van der Waals surface area (Å²) in [6.07, 6.45) is 4.46. The van der Waals surface area contributed by atoms with Gasteiger partial charge in [-0.25, -0.2) is 0 Å². The van der Waals surface area contributed by atoms with Gasteiger partial charge in [0.1, 0.15) is 0 Å². The Morgan fingerprint density at radius 2 is 2.04 bits per heavy atom. The van der Waals surface area contributed by atoms with Gasteiger partial charge in [0.25, 0.3) is 0 Å². The van der Waals surface area contributed by atoms with E-state index in [-0.39, 0.29) is 24.0 Å². The molecule has 0 aromatic carbocycles. The third-order valence-corrected chi connectivity index (χ3v) is 4.75. The molecule has 1 aromatic heterocycles. The summed E-state index contributed by atoms with van der Waals surface area (Å²) in [7, 11) is 5.91. The Bertz CT molecular complexity index is 569. The zero-order chi connectivity index (χ0) is 18.9. The van der Waals surface area contributed by atoms with Gasteiger partial charge >= 0.3 is 0 Å². The lowest BCUT2D eigenvalue weighted by atomic mass is 10.1. The number of hydrogen-bond donors (Lipinski definition) is 1. The number of unbranched alkanes of at least 4 members (excludes halogenated alkanes) is 1. The summed E-state index contributed by atoms with van der Waals surface area (Å²) in [5.74, 6) is 1.37. The van der Waals surface area contributed by atoms with Gasteiger partial charge in [-0.3, -0.25) is 14.6 Å². The number of halogens is 1. The van der Waals surface area contributed by atoms with E-state index in [4.69, 9.17) is 4.74 Å². The first kappa shape index (κ1) is 24.2. The summed E-state index contributed by atoms with van der Waals surface area (Å²) < 4.78 is 7.29. The molecule has 1 fully saturated rings. The molecule has 2 rings (SSSR count). The summed E-state index contributed by atoms with van der Waals surface area (Å²) in [6, 6.07) is 0. The van der Waals surface area contributed by atoms with E-state index >= 15 is 0 Å². The van der Waals surface area contributed by atoms with Crippen molar-refractivity contribution in [3.05, 3.63) is 17.5 Å². The molecular formula is C19H37IN6O. The van der Waals surface area contributed by atoms with E-state index in [0.717, 1.165) is 58.3 Å². The molecular weight excluding hydrogens is 455 g/mol. The molecule has 0 spiro atoms. The summed E-state index contributed by atoms with van der Waals surface area (Å²) in [6.45, 7) is 11.2. The molecule has 0 bridgehead atoms. The Labute approximate surface area is 181 Å². The Kier molecular flexibility index (Phi) is 11.2. The van der Waals surface area contributed by atoms with Gasteiger partial charge in [-0.05, 0) is 25.3 Å². The SMILES string of the molecule is CN=C(NCCCCN1CCOCC1)N(C)Cc1cn(C)nc1C(C)C.I. The highest BCUT2D eigenvalue weighted by atomic mass is 127. The minimum atomic E-state index is 0. The number of aliphatic imine (C=N–C) groups is 1.